The number of carbonyl (C=O) groups excluding carboxylic acids is 2. The first kappa shape index (κ1) is 27.7. The smallest absolute Gasteiger partial charge is 0.211 e. The second-order valence-corrected chi connectivity index (χ2v) is 8.13. The van der Waals surface area contributed by atoms with Crippen LogP contribution in [0.4, 0.5) is 22.7 Å². The van der Waals surface area contributed by atoms with Gasteiger partial charge in [-0.25, -0.2) is 0 Å². The summed E-state index contributed by atoms with van der Waals surface area (Å²) >= 11 is 0. The zero-order chi connectivity index (χ0) is 26.2. The van der Waals surface area contributed by atoms with Gasteiger partial charge in [0.1, 0.15) is 0 Å². The zero-order valence-corrected chi connectivity index (χ0v) is 21.1. The molecule has 2 amide bonds. The molecular formula is C30H32N4O2. The van der Waals surface area contributed by atoms with Crippen molar-refractivity contribution < 1.29 is 9.59 Å². The number of nitrogens with zero attached hydrogens (tertiary/aromatic N) is 2. The van der Waals surface area contributed by atoms with Crippen LogP contribution in [-0.2, 0) is 9.59 Å². The van der Waals surface area contributed by atoms with Crippen molar-refractivity contribution >= 4 is 35.6 Å². The van der Waals surface area contributed by atoms with Crippen LogP contribution >= 0.6 is 0 Å². The van der Waals surface area contributed by atoms with Crippen molar-refractivity contribution in [2.45, 2.75) is 27.7 Å². The minimum atomic E-state index is 0.671. The Hall–Kier alpha value is -4.58. The zero-order valence-electron chi connectivity index (χ0n) is 21.1. The van der Waals surface area contributed by atoms with Crippen molar-refractivity contribution in [3.63, 3.8) is 0 Å². The number of nitrogens with one attached hydrogen (secondary N) is 2. The molecule has 4 aromatic rings. The molecule has 4 rings (SSSR count). The lowest BCUT2D eigenvalue weighted by molar-refractivity contribution is -0.106. The molecule has 0 saturated heterocycles. The van der Waals surface area contributed by atoms with Gasteiger partial charge in [0.05, 0.1) is 11.4 Å². The van der Waals surface area contributed by atoms with Gasteiger partial charge in [0.2, 0.25) is 12.8 Å². The fourth-order valence-corrected chi connectivity index (χ4v) is 2.77. The van der Waals surface area contributed by atoms with Crippen molar-refractivity contribution in [2.75, 3.05) is 10.6 Å². The minimum absolute atomic E-state index is 0.671. The van der Waals surface area contributed by atoms with E-state index in [1.807, 2.05) is 111 Å². The molecule has 0 heterocycles. The molecule has 0 fully saturated rings. The lowest BCUT2D eigenvalue weighted by atomic mass is 10.2. The maximum Gasteiger partial charge on any atom is 0.211 e. The van der Waals surface area contributed by atoms with Crippen LogP contribution in [0.2, 0.25) is 0 Å². The van der Waals surface area contributed by atoms with E-state index in [-0.39, 0.29) is 0 Å². The van der Waals surface area contributed by atoms with Gasteiger partial charge in [-0.1, -0.05) is 70.8 Å². The van der Waals surface area contributed by atoms with E-state index in [0.717, 1.165) is 22.7 Å². The summed E-state index contributed by atoms with van der Waals surface area (Å²) in [6.45, 7) is 8.12. The first-order valence-corrected chi connectivity index (χ1v) is 11.5. The van der Waals surface area contributed by atoms with Gasteiger partial charge >= 0.3 is 0 Å². The van der Waals surface area contributed by atoms with Gasteiger partial charge in [-0.15, -0.1) is 0 Å². The van der Waals surface area contributed by atoms with Gasteiger partial charge < -0.3 is 10.6 Å². The summed E-state index contributed by atoms with van der Waals surface area (Å²) in [5.41, 5.74) is 8.27. The standard InChI is InChI=1S/C14H14N2.2C8H9NO/c1-11-3-7-13(8-4-11)15-16-14-9-5-12(2)6-10-14;2*1-7-2-4-8(5-3-7)9-6-10/h3-10H,1-2H3;2*2-6H,1H3,(H,9,10). The average molecular weight is 481 g/mol. The topological polar surface area (TPSA) is 82.9 Å². The third-order valence-electron chi connectivity index (χ3n) is 4.90. The molecule has 6 nitrogen and oxygen atoms in total. The third-order valence-corrected chi connectivity index (χ3v) is 4.90. The lowest BCUT2D eigenvalue weighted by Crippen LogP contribution is -1.92. The van der Waals surface area contributed by atoms with E-state index < -0.39 is 0 Å². The van der Waals surface area contributed by atoms with Crippen molar-refractivity contribution in [1.82, 2.24) is 0 Å². The van der Waals surface area contributed by atoms with E-state index in [1.54, 1.807) is 0 Å². The molecule has 0 aliphatic carbocycles. The van der Waals surface area contributed by atoms with Crippen LogP contribution in [-0.4, -0.2) is 12.8 Å². The second-order valence-electron chi connectivity index (χ2n) is 8.13. The van der Waals surface area contributed by atoms with Crippen LogP contribution in [0, 0.1) is 27.7 Å². The quantitative estimate of drug-likeness (QED) is 0.218. The van der Waals surface area contributed by atoms with E-state index in [0.29, 0.717) is 12.8 Å². The van der Waals surface area contributed by atoms with Crippen LogP contribution in [0.1, 0.15) is 22.3 Å². The summed E-state index contributed by atoms with van der Waals surface area (Å²) in [5.74, 6) is 0. The minimum Gasteiger partial charge on any atom is -0.329 e. The van der Waals surface area contributed by atoms with Gasteiger partial charge in [-0.2, -0.15) is 10.2 Å². The Morgan fingerprint density at radius 2 is 0.694 bits per heavy atom. The van der Waals surface area contributed by atoms with Gasteiger partial charge in [0.15, 0.2) is 0 Å². The summed E-state index contributed by atoms with van der Waals surface area (Å²) in [6, 6.07) is 31.2. The normalized spacial score (nSPS) is 9.78. The Morgan fingerprint density at radius 1 is 0.444 bits per heavy atom. The van der Waals surface area contributed by atoms with E-state index in [9.17, 15) is 9.59 Å². The number of hydrogen-bond acceptors (Lipinski definition) is 4. The molecule has 4 aromatic carbocycles. The van der Waals surface area contributed by atoms with Crippen molar-refractivity contribution in [3.8, 4) is 0 Å². The molecule has 0 spiro atoms. The maximum atomic E-state index is 9.95. The van der Waals surface area contributed by atoms with Gasteiger partial charge in [0, 0.05) is 11.4 Å². The number of amides is 2. The summed E-state index contributed by atoms with van der Waals surface area (Å²) < 4.78 is 0. The summed E-state index contributed by atoms with van der Waals surface area (Å²) in [7, 11) is 0. The van der Waals surface area contributed by atoms with E-state index in [4.69, 9.17) is 0 Å². The maximum absolute atomic E-state index is 9.95. The highest BCUT2D eigenvalue weighted by molar-refractivity contribution is 5.71. The number of benzene rings is 4. The van der Waals surface area contributed by atoms with Crippen LogP contribution in [0.3, 0.4) is 0 Å². The second kappa shape index (κ2) is 15.3. The number of azo groups is 1. The monoisotopic (exact) mass is 480 g/mol. The molecule has 0 radical (unpaired) electrons. The predicted octanol–water partition coefficient (Wildman–Crippen LogP) is 7.85. The Bertz CT molecular complexity index is 1120. The molecule has 0 unspecified atom stereocenters. The number of rotatable bonds is 6. The SMILES string of the molecule is Cc1ccc(N=Nc2ccc(C)cc2)cc1.Cc1ccc(NC=O)cc1.Cc1ccc(NC=O)cc1. The average Bonchev–Trinajstić information content (AvgIpc) is 2.89. The number of aryl methyl sites for hydroxylation is 4. The molecule has 184 valence electrons. The molecule has 0 aliphatic heterocycles. The van der Waals surface area contributed by atoms with Crippen molar-refractivity contribution in [3.05, 3.63) is 119 Å². The summed E-state index contributed by atoms with van der Waals surface area (Å²) in [6.07, 6.45) is 1.34. The highest BCUT2D eigenvalue weighted by Gasteiger charge is 1.91. The lowest BCUT2D eigenvalue weighted by Gasteiger charge is -1.96. The predicted molar refractivity (Wildman–Crippen MR) is 148 cm³/mol. The van der Waals surface area contributed by atoms with Gasteiger partial charge in [0.25, 0.3) is 0 Å². The molecule has 0 aliphatic rings. The largest absolute Gasteiger partial charge is 0.329 e. The number of hydrogen-bond donors (Lipinski definition) is 2. The Morgan fingerprint density at radius 3 is 0.944 bits per heavy atom. The highest BCUT2D eigenvalue weighted by atomic mass is 16.1. The third kappa shape index (κ3) is 11.0. The van der Waals surface area contributed by atoms with Gasteiger partial charge in [-0.3, -0.25) is 9.59 Å². The van der Waals surface area contributed by atoms with E-state index in [2.05, 4.69) is 34.7 Å². The Balaban J connectivity index is 0.000000200. The summed E-state index contributed by atoms with van der Waals surface area (Å²) in [5, 5.41) is 13.5. The van der Waals surface area contributed by atoms with Crippen LogP contribution in [0.25, 0.3) is 0 Å². The molecule has 6 heteroatoms. The Kier molecular flexibility index (Phi) is 11.8. The fourth-order valence-electron chi connectivity index (χ4n) is 2.77. The molecule has 0 saturated carbocycles. The first-order valence-electron chi connectivity index (χ1n) is 11.5. The van der Waals surface area contributed by atoms with Crippen molar-refractivity contribution in [1.29, 1.82) is 0 Å². The van der Waals surface area contributed by atoms with Crippen LogP contribution in [0.15, 0.2) is 107 Å². The van der Waals surface area contributed by atoms with Crippen LogP contribution in [0.5, 0.6) is 0 Å². The molecular weight excluding hydrogens is 448 g/mol. The molecule has 2 N–H and O–H groups in total. The molecule has 36 heavy (non-hydrogen) atoms. The number of anilines is 2. The highest BCUT2D eigenvalue weighted by Crippen LogP contribution is 2.18. The number of carbonyl (C=O) groups is 2. The van der Waals surface area contributed by atoms with Crippen molar-refractivity contribution in [2.24, 2.45) is 10.2 Å². The van der Waals surface area contributed by atoms with Crippen LogP contribution < -0.4 is 10.6 Å². The molecule has 0 bridgehead atoms. The summed E-state index contributed by atoms with van der Waals surface area (Å²) in [4.78, 5) is 19.9. The van der Waals surface area contributed by atoms with Gasteiger partial charge in [-0.05, 0) is 76.2 Å². The molecule has 0 atom stereocenters. The first-order chi connectivity index (χ1) is 17.4. The van der Waals surface area contributed by atoms with E-state index >= 15 is 0 Å². The molecule has 0 aromatic heterocycles. The fraction of sp³-hybridized carbons (Fsp3) is 0.133. The van der Waals surface area contributed by atoms with E-state index in [1.165, 1.54) is 22.3 Å². The Labute approximate surface area is 213 Å².